The van der Waals surface area contributed by atoms with E-state index in [9.17, 15) is 9.18 Å². The molecule has 6 nitrogen and oxygen atoms in total. The van der Waals surface area contributed by atoms with Crippen LogP contribution in [0.5, 0.6) is 0 Å². The number of hydrogen-bond acceptors (Lipinski definition) is 5. The molecule has 148 valence electrons. The Morgan fingerprint density at radius 3 is 2.47 bits per heavy atom. The molecule has 2 aromatic heterocycles. The Bertz CT molecular complexity index is 1150. The van der Waals surface area contributed by atoms with Crippen molar-refractivity contribution in [2.24, 2.45) is 0 Å². The summed E-state index contributed by atoms with van der Waals surface area (Å²) in [5.41, 5.74) is 2.33. The van der Waals surface area contributed by atoms with Crippen molar-refractivity contribution in [2.75, 3.05) is 10.6 Å². The molecule has 7 heteroatoms. The van der Waals surface area contributed by atoms with Crippen LogP contribution in [0, 0.1) is 5.82 Å². The molecule has 2 heterocycles. The van der Waals surface area contributed by atoms with Crippen molar-refractivity contribution in [3.63, 3.8) is 0 Å². The third kappa shape index (κ3) is 4.82. The number of aromatic nitrogens is 3. The van der Waals surface area contributed by atoms with Gasteiger partial charge in [0.1, 0.15) is 17.3 Å². The van der Waals surface area contributed by atoms with Gasteiger partial charge in [-0.15, -0.1) is 0 Å². The Morgan fingerprint density at radius 1 is 0.900 bits per heavy atom. The summed E-state index contributed by atoms with van der Waals surface area (Å²) in [4.78, 5) is 25.7. The lowest BCUT2D eigenvalue weighted by molar-refractivity contribution is 0.102. The summed E-state index contributed by atoms with van der Waals surface area (Å²) in [7, 11) is 0. The molecule has 0 aliphatic carbocycles. The van der Waals surface area contributed by atoms with E-state index in [0.717, 1.165) is 11.1 Å². The molecule has 2 N–H and O–H groups in total. The molecular formula is C23H18FN5O. The minimum absolute atomic E-state index is 0.172. The van der Waals surface area contributed by atoms with E-state index in [4.69, 9.17) is 0 Å². The Hall–Kier alpha value is -4.13. The van der Waals surface area contributed by atoms with Crippen molar-refractivity contribution >= 4 is 17.4 Å². The van der Waals surface area contributed by atoms with Crippen LogP contribution < -0.4 is 10.6 Å². The van der Waals surface area contributed by atoms with Crippen molar-refractivity contribution < 1.29 is 9.18 Å². The topological polar surface area (TPSA) is 79.8 Å². The first kappa shape index (κ1) is 19.2. The lowest BCUT2D eigenvalue weighted by Crippen LogP contribution is -2.16. The normalized spacial score (nSPS) is 10.4. The number of nitrogens with zero attached hydrogens (tertiary/aromatic N) is 3. The number of carbonyl (C=O) groups is 1. The van der Waals surface area contributed by atoms with Gasteiger partial charge in [-0.2, -0.15) is 0 Å². The number of halogens is 1. The molecule has 0 bridgehead atoms. The number of amides is 1. The minimum Gasteiger partial charge on any atom is -0.366 e. The fourth-order valence-corrected chi connectivity index (χ4v) is 2.83. The van der Waals surface area contributed by atoms with Crippen LogP contribution >= 0.6 is 0 Å². The number of anilines is 2. The van der Waals surface area contributed by atoms with Gasteiger partial charge in [0.15, 0.2) is 5.82 Å². The lowest BCUT2D eigenvalue weighted by atomic mass is 10.2. The lowest BCUT2D eigenvalue weighted by Gasteiger charge is -2.11. The van der Waals surface area contributed by atoms with E-state index in [1.165, 1.54) is 18.2 Å². The third-order valence-electron chi connectivity index (χ3n) is 4.30. The zero-order chi connectivity index (χ0) is 20.8. The molecule has 0 radical (unpaired) electrons. The van der Waals surface area contributed by atoms with Crippen molar-refractivity contribution in [3.05, 3.63) is 102 Å². The van der Waals surface area contributed by atoms with Gasteiger partial charge < -0.3 is 10.6 Å². The number of carbonyl (C=O) groups excluding carboxylic acids is 1. The Morgan fingerprint density at radius 2 is 1.70 bits per heavy atom. The highest BCUT2D eigenvalue weighted by atomic mass is 19.1. The van der Waals surface area contributed by atoms with Crippen molar-refractivity contribution in [2.45, 2.75) is 6.54 Å². The molecule has 4 rings (SSSR count). The first-order chi connectivity index (χ1) is 14.7. The molecule has 0 spiro atoms. The van der Waals surface area contributed by atoms with E-state index in [2.05, 4.69) is 25.6 Å². The Kier molecular flexibility index (Phi) is 5.70. The monoisotopic (exact) mass is 399 g/mol. The van der Waals surface area contributed by atoms with Crippen LogP contribution in [0.15, 0.2) is 85.2 Å². The highest BCUT2D eigenvalue weighted by molar-refractivity contribution is 6.03. The van der Waals surface area contributed by atoms with Gasteiger partial charge in [-0.3, -0.25) is 9.78 Å². The second kappa shape index (κ2) is 8.91. The van der Waals surface area contributed by atoms with Gasteiger partial charge in [0.05, 0.1) is 0 Å². The van der Waals surface area contributed by atoms with E-state index in [1.807, 2.05) is 42.5 Å². The molecule has 0 aliphatic rings. The standard InChI is InChI=1S/C23H18FN5O/c24-18-7-4-8-19(13-18)27-23(30)20-14-21(26-15-16-9-11-25-12-10-16)29-22(28-20)17-5-2-1-3-6-17/h1-14H,15H2,(H,27,30)(H,26,28,29). The summed E-state index contributed by atoms with van der Waals surface area (Å²) < 4.78 is 13.4. The largest absolute Gasteiger partial charge is 0.366 e. The summed E-state index contributed by atoms with van der Waals surface area (Å²) in [6.07, 6.45) is 3.43. The molecular weight excluding hydrogens is 381 g/mol. The molecule has 0 saturated carbocycles. The minimum atomic E-state index is -0.452. The van der Waals surface area contributed by atoms with Crippen LogP contribution in [0.2, 0.25) is 0 Å². The van der Waals surface area contributed by atoms with Crippen molar-refractivity contribution in [1.82, 2.24) is 15.0 Å². The first-order valence-corrected chi connectivity index (χ1v) is 9.31. The Balaban J connectivity index is 1.63. The fraction of sp³-hybridized carbons (Fsp3) is 0.0435. The zero-order valence-electron chi connectivity index (χ0n) is 15.9. The number of hydrogen-bond donors (Lipinski definition) is 2. The average Bonchev–Trinajstić information content (AvgIpc) is 2.79. The number of rotatable bonds is 6. The van der Waals surface area contributed by atoms with Crippen molar-refractivity contribution in [3.8, 4) is 11.4 Å². The van der Waals surface area contributed by atoms with Crippen LogP contribution in [0.4, 0.5) is 15.9 Å². The van der Waals surface area contributed by atoms with Crippen LogP contribution in [0.25, 0.3) is 11.4 Å². The molecule has 4 aromatic rings. The van der Waals surface area contributed by atoms with Gasteiger partial charge in [-0.05, 0) is 35.9 Å². The zero-order valence-corrected chi connectivity index (χ0v) is 15.9. The maximum Gasteiger partial charge on any atom is 0.274 e. The second-order valence-corrected chi connectivity index (χ2v) is 6.50. The molecule has 30 heavy (non-hydrogen) atoms. The number of pyridine rings is 1. The Labute approximate surface area is 172 Å². The smallest absolute Gasteiger partial charge is 0.274 e. The average molecular weight is 399 g/mol. The molecule has 2 aromatic carbocycles. The summed E-state index contributed by atoms with van der Waals surface area (Å²) in [5.74, 6) is 0.0390. The predicted octanol–water partition coefficient (Wildman–Crippen LogP) is 4.54. The van der Waals surface area contributed by atoms with Gasteiger partial charge >= 0.3 is 0 Å². The number of nitrogens with one attached hydrogen (secondary N) is 2. The van der Waals surface area contributed by atoms with Crippen LogP contribution in [-0.4, -0.2) is 20.9 Å². The summed E-state index contributed by atoms with van der Waals surface area (Å²) >= 11 is 0. The maximum atomic E-state index is 13.4. The van der Waals surface area contributed by atoms with Gasteiger partial charge in [0.2, 0.25) is 0 Å². The van der Waals surface area contributed by atoms with Gasteiger partial charge in [0, 0.05) is 36.3 Å². The van der Waals surface area contributed by atoms with E-state index in [-0.39, 0.29) is 5.69 Å². The molecule has 0 atom stereocenters. The summed E-state index contributed by atoms with van der Waals surface area (Å²) in [6, 6.07) is 20.5. The molecule has 0 unspecified atom stereocenters. The van der Waals surface area contributed by atoms with Crippen LogP contribution in [0.1, 0.15) is 16.1 Å². The maximum absolute atomic E-state index is 13.4. The van der Waals surface area contributed by atoms with E-state index < -0.39 is 11.7 Å². The molecule has 0 fully saturated rings. The van der Waals surface area contributed by atoms with Gasteiger partial charge in [-0.1, -0.05) is 36.4 Å². The highest BCUT2D eigenvalue weighted by Crippen LogP contribution is 2.19. The van der Waals surface area contributed by atoms with E-state index in [0.29, 0.717) is 23.9 Å². The van der Waals surface area contributed by atoms with E-state index in [1.54, 1.807) is 24.5 Å². The predicted molar refractivity (Wildman–Crippen MR) is 113 cm³/mol. The van der Waals surface area contributed by atoms with Crippen LogP contribution in [-0.2, 0) is 6.54 Å². The summed E-state index contributed by atoms with van der Waals surface area (Å²) in [6.45, 7) is 0.513. The SMILES string of the molecule is O=C(Nc1cccc(F)c1)c1cc(NCc2ccncc2)nc(-c2ccccc2)n1. The number of benzene rings is 2. The molecule has 1 amide bonds. The van der Waals surface area contributed by atoms with Crippen molar-refractivity contribution in [1.29, 1.82) is 0 Å². The fourth-order valence-electron chi connectivity index (χ4n) is 2.83. The van der Waals surface area contributed by atoms with E-state index >= 15 is 0 Å². The molecule has 0 saturated heterocycles. The summed E-state index contributed by atoms with van der Waals surface area (Å²) in [5, 5.41) is 5.89. The highest BCUT2D eigenvalue weighted by Gasteiger charge is 2.14. The van der Waals surface area contributed by atoms with Gasteiger partial charge in [-0.25, -0.2) is 14.4 Å². The van der Waals surface area contributed by atoms with Crippen LogP contribution in [0.3, 0.4) is 0 Å². The molecule has 0 aliphatic heterocycles. The van der Waals surface area contributed by atoms with Gasteiger partial charge in [0.25, 0.3) is 5.91 Å². The third-order valence-corrected chi connectivity index (χ3v) is 4.30. The second-order valence-electron chi connectivity index (χ2n) is 6.50. The first-order valence-electron chi connectivity index (χ1n) is 9.31. The quantitative estimate of drug-likeness (QED) is 0.498.